The summed E-state index contributed by atoms with van der Waals surface area (Å²) in [7, 11) is 0. The first kappa shape index (κ1) is 25.5. The molecule has 0 bridgehead atoms. The molecular formula is C22H29F3N4O3S. The number of carboxylic acid groups (broad SMARTS) is 1. The third-order valence-electron chi connectivity index (χ3n) is 5.72. The summed E-state index contributed by atoms with van der Waals surface area (Å²) in [5.74, 6) is -1.54. The minimum absolute atomic E-state index is 0.0725. The summed E-state index contributed by atoms with van der Waals surface area (Å²) in [6, 6.07) is 6.36. The van der Waals surface area contributed by atoms with E-state index in [1.54, 1.807) is 43.9 Å². The quantitative estimate of drug-likeness (QED) is 0.529. The molecule has 1 aromatic heterocycles. The Balaban J connectivity index is 2.03. The minimum atomic E-state index is -4.67. The molecule has 1 heterocycles. The molecule has 1 saturated carbocycles. The van der Waals surface area contributed by atoms with Crippen molar-refractivity contribution in [2.75, 3.05) is 0 Å². The average Bonchev–Trinajstić information content (AvgIpc) is 3.42. The molecule has 2 aromatic rings. The van der Waals surface area contributed by atoms with E-state index in [9.17, 15) is 27.6 Å². The largest absolute Gasteiger partial charge is 0.598 e. The number of nitrogens with zero attached hydrogens (tertiary/aromatic N) is 3. The van der Waals surface area contributed by atoms with Crippen LogP contribution in [0.2, 0.25) is 0 Å². The van der Waals surface area contributed by atoms with E-state index in [4.69, 9.17) is 0 Å². The van der Waals surface area contributed by atoms with E-state index in [2.05, 4.69) is 14.9 Å². The lowest BCUT2D eigenvalue weighted by Crippen LogP contribution is -2.58. The van der Waals surface area contributed by atoms with Crippen molar-refractivity contribution in [2.45, 2.75) is 76.4 Å². The van der Waals surface area contributed by atoms with Crippen molar-refractivity contribution in [1.82, 2.24) is 19.7 Å². The van der Waals surface area contributed by atoms with Crippen LogP contribution in [0.1, 0.15) is 65.5 Å². The molecule has 0 amide bonds. The van der Waals surface area contributed by atoms with Crippen LogP contribution in [-0.4, -0.2) is 41.5 Å². The van der Waals surface area contributed by atoms with Gasteiger partial charge in [0, 0.05) is 16.9 Å². The Labute approximate surface area is 194 Å². The van der Waals surface area contributed by atoms with Crippen LogP contribution in [0.15, 0.2) is 30.5 Å². The van der Waals surface area contributed by atoms with Gasteiger partial charge in [0.25, 0.3) is 0 Å². The summed E-state index contributed by atoms with van der Waals surface area (Å²) in [5.41, 5.74) is -3.30. The van der Waals surface area contributed by atoms with E-state index in [1.165, 1.54) is 12.1 Å². The summed E-state index contributed by atoms with van der Waals surface area (Å²) in [6.45, 7) is 6.73. The summed E-state index contributed by atoms with van der Waals surface area (Å²) < 4.78 is 55.8. The molecule has 0 unspecified atom stereocenters. The zero-order valence-electron chi connectivity index (χ0n) is 19.2. The van der Waals surface area contributed by atoms with Gasteiger partial charge in [-0.3, -0.25) is 0 Å². The Morgan fingerprint density at radius 3 is 2.21 bits per heavy atom. The van der Waals surface area contributed by atoms with Crippen molar-refractivity contribution < 1.29 is 27.6 Å². The van der Waals surface area contributed by atoms with Crippen LogP contribution in [0.4, 0.5) is 13.2 Å². The molecule has 1 fully saturated rings. The van der Waals surface area contributed by atoms with Gasteiger partial charge in [-0.25, -0.2) is 4.79 Å². The number of alkyl halides is 3. The molecule has 0 aliphatic heterocycles. The summed E-state index contributed by atoms with van der Waals surface area (Å²) in [4.78, 5) is 14.2. The zero-order chi connectivity index (χ0) is 24.8. The topological polar surface area (TPSA) is 103 Å². The number of hydrogen-bond acceptors (Lipinski definition) is 5. The van der Waals surface area contributed by atoms with E-state index < -0.39 is 45.6 Å². The van der Waals surface area contributed by atoms with Gasteiger partial charge in [0.15, 0.2) is 5.54 Å². The second-order valence-electron chi connectivity index (χ2n) is 10.1. The van der Waals surface area contributed by atoms with Gasteiger partial charge < -0.3 is 9.66 Å². The van der Waals surface area contributed by atoms with E-state index in [1.807, 2.05) is 0 Å². The normalized spacial score (nSPS) is 18.1. The van der Waals surface area contributed by atoms with Crippen molar-refractivity contribution in [1.29, 1.82) is 0 Å². The zero-order valence-corrected chi connectivity index (χ0v) is 20.0. The molecule has 0 spiro atoms. The lowest BCUT2D eigenvalue weighted by atomic mass is 9.74. The predicted octanol–water partition coefficient (Wildman–Crippen LogP) is 4.59. The van der Waals surface area contributed by atoms with Gasteiger partial charge in [-0.15, -0.1) is 4.72 Å². The average molecular weight is 487 g/mol. The minimum Gasteiger partial charge on any atom is -0.598 e. The lowest BCUT2D eigenvalue weighted by Gasteiger charge is -2.40. The van der Waals surface area contributed by atoms with E-state index in [0.29, 0.717) is 17.3 Å². The van der Waals surface area contributed by atoms with Gasteiger partial charge >= 0.3 is 12.1 Å². The first-order valence-electron chi connectivity index (χ1n) is 10.6. The number of aliphatic carboxylic acids is 1. The van der Waals surface area contributed by atoms with Crippen molar-refractivity contribution in [3.8, 4) is 11.3 Å². The Kier molecular flexibility index (Phi) is 6.64. The monoisotopic (exact) mass is 486 g/mol. The number of aromatic nitrogens is 3. The van der Waals surface area contributed by atoms with E-state index >= 15 is 0 Å². The molecule has 7 nitrogen and oxygen atoms in total. The molecule has 0 saturated heterocycles. The van der Waals surface area contributed by atoms with Gasteiger partial charge in [0.05, 0.1) is 17.7 Å². The number of hydrogen-bond donors (Lipinski definition) is 2. The maximum Gasteiger partial charge on any atom is 0.394 e. The van der Waals surface area contributed by atoms with Gasteiger partial charge in [0.2, 0.25) is 0 Å². The van der Waals surface area contributed by atoms with Gasteiger partial charge in [-0.1, -0.05) is 38.1 Å². The molecule has 11 heteroatoms. The Morgan fingerprint density at radius 2 is 1.76 bits per heavy atom. The summed E-state index contributed by atoms with van der Waals surface area (Å²) in [5, 5.41) is 18.8. The van der Waals surface area contributed by atoms with Gasteiger partial charge in [0.1, 0.15) is 10.4 Å². The highest BCUT2D eigenvalue weighted by Crippen LogP contribution is 2.47. The second kappa shape index (κ2) is 8.59. The highest BCUT2D eigenvalue weighted by molar-refractivity contribution is 7.90. The van der Waals surface area contributed by atoms with Crippen LogP contribution in [0.25, 0.3) is 11.3 Å². The summed E-state index contributed by atoms with van der Waals surface area (Å²) in [6.07, 6.45) is -1.89. The van der Waals surface area contributed by atoms with E-state index in [-0.39, 0.29) is 5.56 Å². The maximum absolute atomic E-state index is 13.8. The maximum atomic E-state index is 13.8. The molecule has 3 rings (SSSR count). The second-order valence-corrected chi connectivity index (χ2v) is 12.1. The number of benzene rings is 1. The highest BCUT2D eigenvalue weighted by atomic mass is 32.2. The fourth-order valence-electron chi connectivity index (χ4n) is 3.33. The van der Waals surface area contributed by atoms with Crippen LogP contribution >= 0.6 is 0 Å². The standard InChI is InChI=1S/C22H29F3N4O3S/c1-19(2,3)33(32)28-21(18(30)31,13-20(4,5)22(23,24)25)15-8-6-14(7-9-15)17-12-26-29(27-17)16-10-11-16/h6-9,12,16,28H,10-11,13H2,1-5H3,(H,30,31)/t21-,33+/m1/s1. The molecule has 2 atom stereocenters. The Bertz CT molecular complexity index is 998. The van der Waals surface area contributed by atoms with Crippen LogP contribution in [0, 0.1) is 5.41 Å². The third kappa shape index (κ3) is 5.36. The van der Waals surface area contributed by atoms with Gasteiger partial charge in [-0.05, 0) is 45.6 Å². The molecule has 1 aromatic carbocycles. The number of rotatable bonds is 8. The van der Waals surface area contributed by atoms with Crippen LogP contribution in [-0.2, 0) is 21.7 Å². The number of nitrogens with one attached hydrogen (secondary N) is 1. The van der Waals surface area contributed by atoms with Crippen LogP contribution in [0.5, 0.6) is 0 Å². The number of halogens is 3. The van der Waals surface area contributed by atoms with Gasteiger partial charge in [-0.2, -0.15) is 28.2 Å². The smallest absolute Gasteiger partial charge is 0.394 e. The molecule has 182 valence electrons. The highest BCUT2D eigenvalue weighted by Gasteiger charge is 2.57. The molecule has 33 heavy (non-hydrogen) atoms. The van der Waals surface area contributed by atoms with Crippen molar-refractivity contribution >= 4 is 17.3 Å². The molecule has 0 radical (unpaired) electrons. The van der Waals surface area contributed by atoms with Crippen LogP contribution < -0.4 is 4.72 Å². The van der Waals surface area contributed by atoms with Crippen molar-refractivity contribution in [3.05, 3.63) is 36.0 Å². The molecule has 1 aliphatic carbocycles. The Morgan fingerprint density at radius 1 is 1.18 bits per heavy atom. The molecule has 1 aliphatic rings. The third-order valence-corrected chi connectivity index (χ3v) is 7.36. The Hall–Kier alpha value is -2.11. The summed E-state index contributed by atoms with van der Waals surface area (Å²) >= 11 is -1.95. The SMILES string of the molecule is CC(C)(C)[S@+]([O-])N[C@@](CC(C)(C)C(F)(F)F)(C(=O)O)c1ccc(-c2cnn(C3CC3)n2)cc1. The van der Waals surface area contributed by atoms with E-state index in [0.717, 1.165) is 26.7 Å². The lowest BCUT2D eigenvalue weighted by molar-refractivity contribution is -0.219. The number of carbonyl (C=O) groups is 1. The van der Waals surface area contributed by atoms with Crippen molar-refractivity contribution in [2.24, 2.45) is 5.41 Å². The van der Waals surface area contributed by atoms with Crippen LogP contribution in [0.3, 0.4) is 0 Å². The van der Waals surface area contributed by atoms with Crippen molar-refractivity contribution in [3.63, 3.8) is 0 Å². The molecular weight excluding hydrogens is 457 g/mol. The molecule has 2 N–H and O–H groups in total. The number of carboxylic acids is 1. The fourth-order valence-corrected chi connectivity index (χ4v) is 4.23. The first-order chi connectivity index (χ1) is 15.1. The predicted molar refractivity (Wildman–Crippen MR) is 119 cm³/mol. The fraction of sp³-hybridized carbons (Fsp3) is 0.591. The first-order valence-corrected chi connectivity index (χ1v) is 11.7.